The second-order valence-corrected chi connectivity index (χ2v) is 6.97. The molecule has 0 aromatic carbocycles. The van der Waals surface area contributed by atoms with Gasteiger partial charge in [-0.1, -0.05) is 12.1 Å². The number of nitrogens with one attached hydrogen (secondary N) is 1. The van der Waals surface area contributed by atoms with Crippen molar-refractivity contribution < 1.29 is 14.1 Å². The Hall–Kier alpha value is -1.89. The van der Waals surface area contributed by atoms with Gasteiger partial charge in [0.2, 0.25) is 5.91 Å². The summed E-state index contributed by atoms with van der Waals surface area (Å²) in [4.78, 5) is 26.3. The molecule has 1 saturated carbocycles. The lowest BCUT2D eigenvalue weighted by molar-refractivity contribution is -0.133. The van der Waals surface area contributed by atoms with E-state index in [0.29, 0.717) is 37.7 Å². The fourth-order valence-corrected chi connectivity index (χ4v) is 3.20. The van der Waals surface area contributed by atoms with Crippen LogP contribution in [0.2, 0.25) is 0 Å². The zero-order valence-corrected chi connectivity index (χ0v) is 14.2. The molecule has 2 amide bonds. The Kier molecular flexibility index (Phi) is 5.18. The third kappa shape index (κ3) is 3.95. The molecule has 0 bridgehead atoms. The summed E-state index contributed by atoms with van der Waals surface area (Å²) in [6.45, 7) is 3.94. The van der Waals surface area contributed by atoms with Crippen LogP contribution in [0.4, 0.5) is 0 Å². The normalized spacial score (nSPS) is 24.0. The molecule has 3 N–H and O–H groups in total. The summed E-state index contributed by atoms with van der Waals surface area (Å²) in [5, 5.41) is 6.92. The molecule has 2 fully saturated rings. The molecule has 0 spiro atoms. The highest BCUT2D eigenvalue weighted by atomic mass is 16.5. The van der Waals surface area contributed by atoms with Crippen LogP contribution >= 0.6 is 0 Å². The van der Waals surface area contributed by atoms with Crippen LogP contribution in [-0.4, -0.2) is 47.5 Å². The molecule has 7 nitrogen and oxygen atoms in total. The molecule has 2 aliphatic rings. The molecule has 1 aliphatic heterocycles. The van der Waals surface area contributed by atoms with Gasteiger partial charge in [0.25, 0.3) is 5.91 Å². The first kappa shape index (κ1) is 17.0. The number of carbonyl (C=O) groups is 2. The van der Waals surface area contributed by atoms with Crippen molar-refractivity contribution in [1.29, 1.82) is 0 Å². The van der Waals surface area contributed by atoms with Crippen LogP contribution in [0.3, 0.4) is 0 Å². The topological polar surface area (TPSA) is 101 Å². The molecule has 24 heavy (non-hydrogen) atoms. The minimum absolute atomic E-state index is 0.0529. The quantitative estimate of drug-likeness (QED) is 0.815. The molecule has 1 aromatic heterocycles. The minimum Gasteiger partial charge on any atom is -0.360 e. The Morgan fingerprint density at radius 1 is 1.42 bits per heavy atom. The summed E-state index contributed by atoms with van der Waals surface area (Å²) >= 11 is 0. The Bertz CT molecular complexity index is 596. The largest absolute Gasteiger partial charge is 0.360 e. The number of rotatable bonds is 6. The average molecular weight is 334 g/mol. The molecule has 1 aromatic rings. The summed E-state index contributed by atoms with van der Waals surface area (Å²) < 4.78 is 5.24. The summed E-state index contributed by atoms with van der Waals surface area (Å²) in [5.41, 5.74) is 5.81. The Morgan fingerprint density at radius 2 is 2.21 bits per heavy atom. The van der Waals surface area contributed by atoms with E-state index in [2.05, 4.69) is 17.4 Å². The predicted octanol–water partition coefficient (Wildman–Crippen LogP) is 1.26. The highest BCUT2D eigenvalue weighted by Gasteiger charge is 2.32. The standard InChI is InChI=1S/C17H26N4O3/c1-11-10-21(16(22)3-2-7-18)8-6-13(11)19-17(23)14-9-15(24-20-14)12-4-5-12/h9,11-13H,2-8,10,18H2,1H3,(H,19,23)/t11-,13-/m0/s1. The second-order valence-electron chi connectivity index (χ2n) is 6.97. The molecule has 2 atom stereocenters. The van der Waals surface area contributed by atoms with E-state index in [1.165, 1.54) is 0 Å². The highest BCUT2D eigenvalue weighted by Crippen LogP contribution is 2.40. The summed E-state index contributed by atoms with van der Waals surface area (Å²) in [5.74, 6) is 1.43. The first-order valence-electron chi connectivity index (χ1n) is 8.83. The smallest absolute Gasteiger partial charge is 0.273 e. The van der Waals surface area contributed by atoms with E-state index in [-0.39, 0.29) is 23.8 Å². The summed E-state index contributed by atoms with van der Waals surface area (Å²) in [7, 11) is 0. The van der Waals surface area contributed by atoms with E-state index >= 15 is 0 Å². The zero-order chi connectivity index (χ0) is 17.1. The maximum atomic E-state index is 12.3. The van der Waals surface area contributed by atoms with Crippen LogP contribution < -0.4 is 11.1 Å². The van der Waals surface area contributed by atoms with Gasteiger partial charge in [0.15, 0.2) is 5.69 Å². The van der Waals surface area contributed by atoms with E-state index in [4.69, 9.17) is 10.3 Å². The predicted molar refractivity (Wildman–Crippen MR) is 88.4 cm³/mol. The fraction of sp³-hybridized carbons (Fsp3) is 0.706. The van der Waals surface area contributed by atoms with Gasteiger partial charge in [-0.2, -0.15) is 0 Å². The van der Waals surface area contributed by atoms with Crippen LogP contribution in [0.15, 0.2) is 10.6 Å². The Morgan fingerprint density at radius 3 is 2.88 bits per heavy atom. The van der Waals surface area contributed by atoms with Crippen molar-refractivity contribution in [2.24, 2.45) is 11.7 Å². The number of hydrogen-bond acceptors (Lipinski definition) is 5. The molecule has 0 unspecified atom stereocenters. The van der Waals surface area contributed by atoms with Crippen molar-refractivity contribution in [2.45, 2.75) is 51.0 Å². The van der Waals surface area contributed by atoms with Crippen LogP contribution in [0.5, 0.6) is 0 Å². The third-order valence-electron chi connectivity index (χ3n) is 4.91. The van der Waals surface area contributed by atoms with Gasteiger partial charge in [0.1, 0.15) is 5.76 Å². The minimum atomic E-state index is -0.189. The maximum Gasteiger partial charge on any atom is 0.273 e. The Labute approximate surface area is 141 Å². The zero-order valence-electron chi connectivity index (χ0n) is 14.2. The molecule has 1 aliphatic carbocycles. The van der Waals surface area contributed by atoms with E-state index in [1.54, 1.807) is 6.07 Å². The van der Waals surface area contributed by atoms with Gasteiger partial charge in [0.05, 0.1) is 0 Å². The van der Waals surface area contributed by atoms with Gasteiger partial charge in [0, 0.05) is 37.5 Å². The number of nitrogens with two attached hydrogens (primary N) is 1. The van der Waals surface area contributed by atoms with Crippen LogP contribution in [0.25, 0.3) is 0 Å². The second kappa shape index (κ2) is 7.34. The molecule has 7 heteroatoms. The lowest BCUT2D eigenvalue weighted by Crippen LogP contribution is -2.51. The van der Waals surface area contributed by atoms with Crippen molar-refractivity contribution in [3.63, 3.8) is 0 Å². The van der Waals surface area contributed by atoms with Gasteiger partial charge in [-0.25, -0.2) is 0 Å². The molecule has 0 radical (unpaired) electrons. The third-order valence-corrected chi connectivity index (χ3v) is 4.91. The van der Waals surface area contributed by atoms with Gasteiger partial charge < -0.3 is 20.5 Å². The van der Waals surface area contributed by atoms with E-state index in [0.717, 1.165) is 31.4 Å². The lowest BCUT2D eigenvalue weighted by Gasteiger charge is -2.37. The average Bonchev–Trinajstić information content (AvgIpc) is 3.31. The summed E-state index contributed by atoms with van der Waals surface area (Å²) in [6, 6.07) is 1.81. The number of hydrogen-bond donors (Lipinski definition) is 2. The number of likely N-dealkylation sites (tertiary alicyclic amines) is 1. The molecular formula is C17H26N4O3. The van der Waals surface area contributed by atoms with Crippen molar-refractivity contribution >= 4 is 11.8 Å². The van der Waals surface area contributed by atoms with Crippen molar-refractivity contribution in [3.05, 3.63) is 17.5 Å². The van der Waals surface area contributed by atoms with Crippen molar-refractivity contribution in [1.82, 2.24) is 15.4 Å². The van der Waals surface area contributed by atoms with Gasteiger partial charge in [-0.05, 0) is 38.1 Å². The van der Waals surface area contributed by atoms with Crippen LogP contribution in [0.1, 0.15) is 61.2 Å². The number of piperidine rings is 1. The first-order chi connectivity index (χ1) is 11.6. The number of amides is 2. The van der Waals surface area contributed by atoms with Gasteiger partial charge in [-0.3, -0.25) is 9.59 Å². The van der Waals surface area contributed by atoms with Crippen LogP contribution in [0, 0.1) is 5.92 Å². The molecule has 132 valence electrons. The number of aromatic nitrogens is 1. The van der Waals surface area contributed by atoms with E-state index < -0.39 is 0 Å². The molecular weight excluding hydrogens is 308 g/mol. The summed E-state index contributed by atoms with van der Waals surface area (Å²) in [6.07, 6.45) is 4.21. The fourth-order valence-electron chi connectivity index (χ4n) is 3.20. The van der Waals surface area contributed by atoms with Gasteiger partial charge >= 0.3 is 0 Å². The molecule has 1 saturated heterocycles. The molecule has 3 rings (SSSR count). The monoisotopic (exact) mass is 334 g/mol. The van der Waals surface area contributed by atoms with E-state index in [1.807, 2.05) is 4.90 Å². The lowest BCUT2D eigenvalue weighted by atomic mass is 9.93. The number of carbonyl (C=O) groups excluding carboxylic acids is 2. The number of nitrogens with zero attached hydrogens (tertiary/aromatic N) is 2. The Balaban J connectivity index is 1.50. The van der Waals surface area contributed by atoms with Crippen LogP contribution in [-0.2, 0) is 4.79 Å². The van der Waals surface area contributed by atoms with Crippen molar-refractivity contribution in [3.8, 4) is 0 Å². The highest BCUT2D eigenvalue weighted by molar-refractivity contribution is 5.92. The van der Waals surface area contributed by atoms with Crippen molar-refractivity contribution in [2.75, 3.05) is 19.6 Å². The van der Waals surface area contributed by atoms with E-state index in [9.17, 15) is 9.59 Å². The SMILES string of the molecule is C[C@H]1CN(C(=O)CCCN)CC[C@@H]1NC(=O)c1cc(C2CC2)on1. The molecule has 2 heterocycles. The first-order valence-corrected chi connectivity index (χ1v) is 8.83. The maximum absolute atomic E-state index is 12.3. The van der Waals surface area contributed by atoms with Gasteiger partial charge in [-0.15, -0.1) is 0 Å².